The van der Waals surface area contributed by atoms with Crippen LogP contribution in [0.15, 0.2) is 36.5 Å². The van der Waals surface area contributed by atoms with Crippen LogP contribution in [-0.4, -0.2) is 44.2 Å². The van der Waals surface area contributed by atoms with Crippen LogP contribution >= 0.6 is 0 Å². The van der Waals surface area contributed by atoms with Gasteiger partial charge in [-0.1, -0.05) is 12.1 Å². The fraction of sp³-hybridized carbons (Fsp3) is 0.318. The van der Waals surface area contributed by atoms with Gasteiger partial charge in [0.2, 0.25) is 0 Å². The molecule has 0 aliphatic heterocycles. The molecule has 0 bridgehead atoms. The molecule has 0 saturated heterocycles. The molecule has 3 N–H and O–H groups in total. The van der Waals surface area contributed by atoms with Crippen molar-refractivity contribution in [2.75, 3.05) is 39.6 Å². The highest BCUT2D eigenvalue weighted by Gasteiger charge is 2.18. The second-order valence-corrected chi connectivity index (χ2v) is 7.38. The summed E-state index contributed by atoms with van der Waals surface area (Å²) in [6.07, 6.45) is 3.15. The number of nitrogens with one attached hydrogen (secondary N) is 3. The molecule has 0 saturated carbocycles. The van der Waals surface area contributed by atoms with Crippen molar-refractivity contribution in [1.82, 2.24) is 9.88 Å². The number of aryl methyl sites for hydroxylation is 1. The van der Waals surface area contributed by atoms with E-state index in [2.05, 4.69) is 71.7 Å². The van der Waals surface area contributed by atoms with Crippen LogP contribution in [0.1, 0.15) is 12.0 Å². The van der Waals surface area contributed by atoms with E-state index in [1.165, 1.54) is 32.6 Å². The van der Waals surface area contributed by atoms with Crippen LogP contribution in [0.25, 0.3) is 32.6 Å². The number of benzene rings is 2. The zero-order valence-corrected chi connectivity index (χ0v) is 16.4. The molecule has 0 aliphatic rings. The summed E-state index contributed by atoms with van der Waals surface area (Å²) in [5.74, 6) is 1.94. The molecule has 0 unspecified atom stereocenters. The lowest BCUT2D eigenvalue weighted by molar-refractivity contribution is -0.359. The maximum absolute atomic E-state index is 5.48. The second-order valence-electron chi connectivity index (χ2n) is 7.38. The summed E-state index contributed by atoms with van der Waals surface area (Å²) in [7, 11) is 5.93. The first kappa shape index (κ1) is 17.6. The van der Waals surface area contributed by atoms with Gasteiger partial charge in [-0.25, -0.2) is 4.98 Å². The van der Waals surface area contributed by atoms with Crippen molar-refractivity contribution in [2.45, 2.75) is 13.3 Å². The molecule has 2 aromatic carbocycles. The normalized spacial score (nSPS) is 11.7. The second kappa shape index (κ2) is 7.08. The standard InChI is InChI=1S/C22H26N4O/c1-14-13-24-22(23-10-5-11-26(2)3)20-19-17-12-16(27-4)8-6-15(17)7-9-18(19)25-21(14)20/h6-9,12-13,25H,5,10-11H2,1-4H3,(H,23,24)/p+1. The number of hydrogen-bond acceptors (Lipinski definition) is 3. The van der Waals surface area contributed by atoms with Gasteiger partial charge in [0, 0.05) is 23.0 Å². The molecule has 4 rings (SSSR count). The summed E-state index contributed by atoms with van der Waals surface area (Å²) in [5.41, 5.74) is 3.52. The van der Waals surface area contributed by atoms with E-state index in [9.17, 15) is 0 Å². The molecular weight excluding hydrogens is 336 g/mol. The number of H-pyrrole nitrogens is 2. The molecule has 2 aromatic heterocycles. The summed E-state index contributed by atoms with van der Waals surface area (Å²) >= 11 is 0. The van der Waals surface area contributed by atoms with Crippen LogP contribution in [0.3, 0.4) is 0 Å². The van der Waals surface area contributed by atoms with Crippen molar-refractivity contribution in [3.8, 4) is 5.75 Å². The number of pyridine rings is 1. The van der Waals surface area contributed by atoms with Crippen LogP contribution < -0.4 is 15.0 Å². The van der Waals surface area contributed by atoms with Gasteiger partial charge in [0.05, 0.1) is 30.8 Å². The van der Waals surface area contributed by atoms with Crippen molar-refractivity contribution in [3.63, 3.8) is 0 Å². The number of hydrogen-bond donors (Lipinski definition) is 2. The third-order valence-electron chi connectivity index (χ3n) is 5.15. The number of rotatable bonds is 6. The van der Waals surface area contributed by atoms with Crippen molar-refractivity contribution >= 4 is 38.4 Å². The summed E-state index contributed by atoms with van der Waals surface area (Å²) in [5, 5.41) is 8.47. The molecule has 0 radical (unpaired) electrons. The quantitative estimate of drug-likeness (QED) is 0.510. The number of nitrogens with zero attached hydrogens (tertiary/aromatic N) is 1. The average Bonchev–Trinajstić information content (AvgIpc) is 3.07. The highest BCUT2D eigenvalue weighted by atomic mass is 16.5. The molecule has 140 valence electrons. The number of fused-ring (bicyclic) bond motifs is 5. The smallest absolute Gasteiger partial charge is 0.282 e. The minimum atomic E-state index is 0.876. The van der Waals surface area contributed by atoms with Gasteiger partial charge in [0.15, 0.2) is 0 Å². The van der Waals surface area contributed by atoms with Gasteiger partial charge in [-0.15, -0.1) is 0 Å². The fourth-order valence-electron chi connectivity index (χ4n) is 3.74. The van der Waals surface area contributed by atoms with Crippen molar-refractivity contribution in [2.24, 2.45) is 0 Å². The number of methoxy groups -OCH3 is 1. The van der Waals surface area contributed by atoms with E-state index in [0.29, 0.717) is 0 Å². The van der Waals surface area contributed by atoms with Gasteiger partial charge < -0.3 is 14.6 Å². The first-order valence-corrected chi connectivity index (χ1v) is 9.40. The lowest BCUT2D eigenvalue weighted by atomic mass is 10.0. The van der Waals surface area contributed by atoms with Gasteiger partial charge in [-0.05, 0) is 56.4 Å². The Balaban J connectivity index is 1.91. The number of ether oxygens (including phenoxy) is 1. The van der Waals surface area contributed by atoms with E-state index < -0.39 is 0 Å². The highest BCUT2D eigenvalue weighted by Crippen LogP contribution is 2.37. The molecule has 5 heteroatoms. The Hall–Kier alpha value is -2.79. The summed E-state index contributed by atoms with van der Waals surface area (Å²) < 4.78 is 5.48. The Labute approximate surface area is 159 Å². The van der Waals surface area contributed by atoms with Gasteiger partial charge in [0.1, 0.15) is 5.75 Å². The summed E-state index contributed by atoms with van der Waals surface area (Å²) in [4.78, 5) is 9.29. The number of aromatic nitrogens is 2. The molecule has 0 aliphatic carbocycles. The van der Waals surface area contributed by atoms with Crippen molar-refractivity contribution in [3.05, 3.63) is 42.1 Å². The Morgan fingerprint density at radius 2 is 1.96 bits per heavy atom. The minimum Gasteiger partial charge on any atom is -0.497 e. The Morgan fingerprint density at radius 3 is 2.74 bits per heavy atom. The monoisotopic (exact) mass is 363 g/mol. The largest absolute Gasteiger partial charge is 0.497 e. The van der Waals surface area contributed by atoms with E-state index in [1.807, 2.05) is 6.07 Å². The Morgan fingerprint density at radius 1 is 1.15 bits per heavy atom. The first-order chi connectivity index (χ1) is 13.1. The van der Waals surface area contributed by atoms with Crippen molar-refractivity contribution in [1.29, 1.82) is 0 Å². The van der Waals surface area contributed by atoms with Crippen LogP contribution in [0, 0.1) is 6.92 Å². The van der Waals surface area contributed by atoms with E-state index in [4.69, 9.17) is 4.74 Å². The van der Waals surface area contributed by atoms with E-state index in [1.54, 1.807) is 7.11 Å². The molecule has 2 heterocycles. The number of anilines is 1. The first-order valence-electron chi connectivity index (χ1n) is 9.40. The molecule has 5 nitrogen and oxygen atoms in total. The summed E-state index contributed by atoms with van der Waals surface area (Å²) in [6, 6.07) is 10.6. The molecule has 0 amide bonds. The van der Waals surface area contributed by atoms with E-state index >= 15 is 0 Å². The average molecular weight is 363 g/mol. The van der Waals surface area contributed by atoms with Crippen LogP contribution in [0.4, 0.5) is 5.82 Å². The maximum Gasteiger partial charge on any atom is 0.282 e. The predicted molar refractivity (Wildman–Crippen MR) is 113 cm³/mol. The third kappa shape index (κ3) is 3.19. The minimum absolute atomic E-state index is 0.876. The molecule has 0 spiro atoms. The Bertz CT molecular complexity index is 1110. The van der Waals surface area contributed by atoms with E-state index in [-0.39, 0.29) is 0 Å². The maximum atomic E-state index is 5.48. The molecule has 0 fully saturated rings. The molecule has 0 atom stereocenters. The fourth-order valence-corrected chi connectivity index (χ4v) is 3.74. The zero-order chi connectivity index (χ0) is 19.0. The van der Waals surface area contributed by atoms with Gasteiger partial charge in [-0.2, -0.15) is 0 Å². The highest BCUT2D eigenvalue weighted by molar-refractivity contribution is 6.23. The summed E-state index contributed by atoms with van der Waals surface area (Å²) in [6.45, 7) is 4.12. The van der Waals surface area contributed by atoms with Crippen LogP contribution in [0.5, 0.6) is 5.75 Å². The predicted octanol–water partition coefficient (Wildman–Crippen LogP) is 3.97. The topological polar surface area (TPSA) is 54.4 Å². The molecular formula is C22H27N4O+. The van der Waals surface area contributed by atoms with Crippen LogP contribution in [-0.2, 0) is 0 Å². The lowest BCUT2D eigenvalue weighted by Crippen LogP contribution is -2.19. The van der Waals surface area contributed by atoms with Crippen LogP contribution in [0.2, 0.25) is 0 Å². The van der Waals surface area contributed by atoms with Gasteiger partial charge in [0.25, 0.3) is 5.82 Å². The van der Waals surface area contributed by atoms with Gasteiger partial charge in [-0.3, -0.25) is 5.32 Å². The molecule has 4 aromatic rings. The van der Waals surface area contributed by atoms with Crippen molar-refractivity contribution < 1.29 is 9.72 Å². The third-order valence-corrected chi connectivity index (χ3v) is 5.15. The Kier molecular flexibility index (Phi) is 4.62. The van der Waals surface area contributed by atoms with Gasteiger partial charge >= 0.3 is 0 Å². The lowest BCUT2D eigenvalue weighted by Gasteiger charge is -2.08. The zero-order valence-electron chi connectivity index (χ0n) is 16.4. The number of aromatic amines is 2. The van der Waals surface area contributed by atoms with E-state index in [0.717, 1.165) is 36.6 Å². The SMILES string of the molecule is COc1ccc2ccc3[nH]c4c(C)c[nH+]c(NCCCN(C)C)c4c3c2c1. The molecule has 27 heavy (non-hydrogen) atoms.